The summed E-state index contributed by atoms with van der Waals surface area (Å²) in [6, 6.07) is 16.4. The van der Waals surface area contributed by atoms with Crippen molar-refractivity contribution in [1.29, 1.82) is 0 Å². The largest absolute Gasteiger partial charge is 0.444 e. The summed E-state index contributed by atoms with van der Waals surface area (Å²) in [5, 5.41) is 18.7. The van der Waals surface area contributed by atoms with Gasteiger partial charge in [0.05, 0.1) is 33.0 Å². The Kier molecular flexibility index (Phi) is 7.11. The van der Waals surface area contributed by atoms with Crippen molar-refractivity contribution in [1.82, 2.24) is 14.8 Å². The van der Waals surface area contributed by atoms with Crippen molar-refractivity contribution in [3.05, 3.63) is 92.1 Å². The monoisotopic (exact) mass is 584 g/mol. The van der Waals surface area contributed by atoms with Crippen LogP contribution in [0.25, 0.3) is 39.0 Å². The van der Waals surface area contributed by atoms with Crippen molar-refractivity contribution >= 4 is 55.6 Å². The lowest BCUT2D eigenvalue weighted by Gasteiger charge is -2.16. The number of rotatable bonds is 7. The van der Waals surface area contributed by atoms with E-state index in [-0.39, 0.29) is 27.9 Å². The van der Waals surface area contributed by atoms with Crippen LogP contribution in [0.2, 0.25) is 10.0 Å². The van der Waals surface area contributed by atoms with Gasteiger partial charge in [-0.2, -0.15) is 9.78 Å². The van der Waals surface area contributed by atoms with E-state index in [0.717, 1.165) is 15.6 Å². The van der Waals surface area contributed by atoms with Gasteiger partial charge < -0.3 is 14.8 Å². The number of anilines is 1. The predicted octanol–water partition coefficient (Wildman–Crippen LogP) is 6.57. The highest BCUT2D eigenvalue weighted by Crippen LogP contribution is 2.36. The summed E-state index contributed by atoms with van der Waals surface area (Å²) in [6.07, 6.45) is 3.55. The van der Waals surface area contributed by atoms with Gasteiger partial charge in [0.2, 0.25) is 0 Å². The van der Waals surface area contributed by atoms with Crippen molar-refractivity contribution in [2.45, 2.75) is 6.42 Å². The van der Waals surface area contributed by atoms with Crippen LogP contribution in [-0.4, -0.2) is 33.0 Å². The normalized spacial score (nSPS) is 11.2. The number of fused-ring (bicyclic) bond motifs is 1. The Bertz CT molecular complexity index is 1620. The molecule has 0 radical (unpaired) electrons. The Morgan fingerprint density at radius 1 is 1.06 bits per heavy atom. The molecule has 3 aromatic carbocycles. The zero-order chi connectivity index (χ0) is 25.2. The first-order valence-electron chi connectivity index (χ1n) is 11.0. The van der Waals surface area contributed by atoms with Gasteiger partial charge in [0.15, 0.2) is 12.2 Å². The maximum Gasteiger partial charge on any atom is 0.279 e. The number of aliphatic hydroxyl groups is 1. The third kappa shape index (κ3) is 4.65. The molecule has 0 amide bonds. The lowest BCUT2D eigenvalue weighted by molar-refractivity contribution is 0.292. The highest BCUT2D eigenvalue weighted by Gasteiger charge is 2.20. The minimum Gasteiger partial charge on any atom is -0.444 e. The molecule has 0 atom stereocenters. The van der Waals surface area contributed by atoms with Crippen LogP contribution in [0.4, 0.5) is 5.69 Å². The minimum absolute atomic E-state index is 0.0444. The Hall–Kier alpha value is -3.17. The van der Waals surface area contributed by atoms with Gasteiger partial charge in [-0.25, -0.2) is 4.98 Å². The SMILES string of the molecule is O=c1c2ccccc2c(-c2cc(Br)cc(-c3cnco3)c2)nn1-c1c(Cl)ccc(NCCCO)c1Cl. The van der Waals surface area contributed by atoms with Crippen LogP contribution in [0.5, 0.6) is 0 Å². The van der Waals surface area contributed by atoms with Crippen molar-refractivity contribution in [3.8, 4) is 28.3 Å². The molecule has 0 saturated heterocycles. The smallest absolute Gasteiger partial charge is 0.279 e. The summed E-state index contributed by atoms with van der Waals surface area (Å²) in [7, 11) is 0. The molecular weight excluding hydrogens is 567 g/mol. The molecule has 0 unspecified atom stereocenters. The first-order chi connectivity index (χ1) is 17.5. The zero-order valence-electron chi connectivity index (χ0n) is 18.7. The number of benzene rings is 3. The second-order valence-electron chi connectivity index (χ2n) is 7.97. The molecule has 0 bridgehead atoms. The summed E-state index contributed by atoms with van der Waals surface area (Å²) >= 11 is 16.9. The second-order valence-corrected chi connectivity index (χ2v) is 9.67. The molecule has 36 heavy (non-hydrogen) atoms. The average Bonchev–Trinajstić information content (AvgIpc) is 3.42. The topological polar surface area (TPSA) is 93.2 Å². The van der Waals surface area contributed by atoms with Crippen LogP contribution in [0.1, 0.15) is 6.42 Å². The zero-order valence-corrected chi connectivity index (χ0v) is 21.8. The molecule has 2 heterocycles. The lowest BCUT2D eigenvalue weighted by atomic mass is 10.0. The van der Waals surface area contributed by atoms with E-state index >= 15 is 0 Å². The van der Waals surface area contributed by atoms with E-state index in [1.807, 2.05) is 30.3 Å². The molecule has 0 aliphatic heterocycles. The fourth-order valence-corrected chi connectivity index (χ4v) is 5.05. The van der Waals surface area contributed by atoms with Gasteiger partial charge in [-0.1, -0.05) is 57.3 Å². The first-order valence-corrected chi connectivity index (χ1v) is 12.6. The number of nitrogens with one attached hydrogen (secondary N) is 1. The van der Waals surface area contributed by atoms with E-state index in [4.69, 9.17) is 37.8 Å². The lowest BCUT2D eigenvalue weighted by Crippen LogP contribution is -2.23. The molecule has 5 aromatic rings. The van der Waals surface area contributed by atoms with E-state index in [0.29, 0.717) is 40.9 Å². The number of aliphatic hydroxyl groups excluding tert-OH is 1. The van der Waals surface area contributed by atoms with Crippen molar-refractivity contribution in [2.24, 2.45) is 0 Å². The molecular formula is C26H19BrCl2N4O3. The van der Waals surface area contributed by atoms with Crippen molar-refractivity contribution in [2.75, 3.05) is 18.5 Å². The number of hydrogen-bond acceptors (Lipinski definition) is 6. The molecule has 0 saturated carbocycles. The Morgan fingerprint density at radius 3 is 2.58 bits per heavy atom. The molecule has 7 nitrogen and oxygen atoms in total. The first kappa shape index (κ1) is 24.5. The fourth-order valence-electron chi connectivity index (χ4n) is 3.96. The highest BCUT2D eigenvalue weighted by atomic mass is 79.9. The third-order valence-corrected chi connectivity index (χ3v) is 6.77. The summed E-state index contributed by atoms with van der Waals surface area (Å²) in [5.74, 6) is 0.600. The Labute approximate surface area is 224 Å². The highest BCUT2D eigenvalue weighted by molar-refractivity contribution is 9.10. The summed E-state index contributed by atoms with van der Waals surface area (Å²) in [5.41, 5.74) is 2.63. The number of nitrogens with zero attached hydrogens (tertiary/aromatic N) is 3. The molecule has 2 aromatic heterocycles. The molecule has 0 spiro atoms. The van der Waals surface area contributed by atoms with E-state index in [9.17, 15) is 4.79 Å². The summed E-state index contributed by atoms with van der Waals surface area (Å²) < 4.78 is 7.54. The standard InChI is InChI=1S/C26H19BrCl2N4O3/c27-17-11-15(22-13-30-14-36-22)10-16(12-17)24-18-4-1-2-5-19(18)26(35)33(32-24)25-20(28)6-7-21(23(25)29)31-8-3-9-34/h1-2,4-7,10-14,31,34H,3,8-9H2. The molecule has 0 aliphatic carbocycles. The van der Waals surface area contributed by atoms with E-state index in [1.54, 1.807) is 30.5 Å². The number of hydrogen-bond donors (Lipinski definition) is 2. The van der Waals surface area contributed by atoms with Gasteiger partial charge in [-0.15, -0.1) is 0 Å². The Balaban J connectivity index is 1.76. The van der Waals surface area contributed by atoms with E-state index in [2.05, 4.69) is 26.2 Å². The van der Waals surface area contributed by atoms with Gasteiger partial charge in [0.1, 0.15) is 5.69 Å². The number of oxazole rings is 1. The maximum absolute atomic E-state index is 13.6. The number of halogens is 3. The molecule has 0 fully saturated rings. The second kappa shape index (κ2) is 10.4. The van der Waals surface area contributed by atoms with Crippen LogP contribution < -0.4 is 10.9 Å². The molecule has 5 rings (SSSR count). The van der Waals surface area contributed by atoms with E-state index < -0.39 is 0 Å². The van der Waals surface area contributed by atoms with Crippen LogP contribution in [0.3, 0.4) is 0 Å². The molecule has 10 heteroatoms. The average molecular weight is 586 g/mol. The van der Waals surface area contributed by atoms with Gasteiger partial charge in [0, 0.05) is 34.1 Å². The van der Waals surface area contributed by atoms with Gasteiger partial charge in [0.25, 0.3) is 5.56 Å². The van der Waals surface area contributed by atoms with Gasteiger partial charge in [-0.3, -0.25) is 4.79 Å². The Morgan fingerprint density at radius 2 is 1.83 bits per heavy atom. The van der Waals surface area contributed by atoms with Crippen LogP contribution >= 0.6 is 39.1 Å². The summed E-state index contributed by atoms with van der Waals surface area (Å²) in [4.78, 5) is 17.6. The third-order valence-electron chi connectivity index (χ3n) is 5.62. The van der Waals surface area contributed by atoms with E-state index in [1.165, 1.54) is 11.1 Å². The van der Waals surface area contributed by atoms with Crippen LogP contribution in [0, 0.1) is 0 Å². The molecule has 2 N–H and O–H groups in total. The van der Waals surface area contributed by atoms with Gasteiger partial charge >= 0.3 is 0 Å². The van der Waals surface area contributed by atoms with Crippen LogP contribution in [0.15, 0.2) is 80.9 Å². The predicted molar refractivity (Wildman–Crippen MR) is 146 cm³/mol. The molecule has 0 aliphatic rings. The quantitative estimate of drug-likeness (QED) is 0.210. The number of aromatic nitrogens is 3. The summed E-state index contributed by atoms with van der Waals surface area (Å²) in [6.45, 7) is 0.549. The fraction of sp³-hybridized carbons (Fsp3) is 0.115. The van der Waals surface area contributed by atoms with Crippen molar-refractivity contribution < 1.29 is 9.52 Å². The van der Waals surface area contributed by atoms with Gasteiger partial charge in [-0.05, 0) is 42.8 Å². The van der Waals surface area contributed by atoms with Crippen LogP contribution in [-0.2, 0) is 0 Å². The maximum atomic E-state index is 13.6. The molecule has 182 valence electrons. The van der Waals surface area contributed by atoms with Crippen molar-refractivity contribution in [3.63, 3.8) is 0 Å². The minimum atomic E-state index is -0.351.